The molecule has 4 nitrogen and oxygen atoms in total. The molecular weight excluding hydrogens is 377 g/mol. The molecule has 0 heterocycles. The normalized spacial score (nSPS) is 15.4. The van der Waals surface area contributed by atoms with Crippen LogP contribution in [0.4, 0.5) is 0 Å². The van der Waals surface area contributed by atoms with Gasteiger partial charge in [0.05, 0.1) is 6.54 Å². The smallest absolute Gasteiger partial charge is 0.191 e. The number of benzene rings is 1. The molecule has 118 valence electrons. The molecule has 0 unspecified atom stereocenters. The Bertz CT molecular complexity index is 445. The van der Waals surface area contributed by atoms with Crippen LogP contribution < -0.4 is 15.4 Å². The number of hydrogen-bond acceptors (Lipinski definition) is 2. The van der Waals surface area contributed by atoms with E-state index in [0.717, 1.165) is 18.3 Å². The van der Waals surface area contributed by atoms with Gasteiger partial charge in [-0.15, -0.1) is 24.0 Å². The first-order valence-electron chi connectivity index (χ1n) is 7.44. The van der Waals surface area contributed by atoms with E-state index in [1.807, 2.05) is 25.2 Å². The zero-order valence-corrected chi connectivity index (χ0v) is 15.2. The number of aryl methyl sites for hydroxylation is 1. The Hall–Kier alpha value is -0.980. The van der Waals surface area contributed by atoms with Crippen molar-refractivity contribution in [3.05, 3.63) is 29.8 Å². The molecular formula is C16H26IN3O. The lowest BCUT2D eigenvalue weighted by atomic mass is 10.2. The molecule has 2 N–H and O–H groups in total. The van der Waals surface area contributed by atoms with E-state index >= 15 is 0 Å². The monoisotopic (exact) mass is 403 g/mol. The Morgan fingerprint density at radius 3 is 2.76 bits per heavy atom. The fraction of sp³-hybridized carbons (Fsp3) is 0.562. The fourth-order valence-electron chi connectivity index (χ4n) is 2.50. The Labute approximate surface area is 144 Å². The van der Waals surface area contributed by atoms with E-state index in [-0.39, 0.29) is 24.0 Å². The minimum Gasteiger partial charge on any atom is -0.492 e. The van der Waals surface area contributed by atoms with Gasteiger partial charge in [0.2, 0.25) is 0 Å². The molecule has 0 aromatic heterocycles. The molecule has 5 heteroatoms. The van der Waals surface area contributed by atoms with Crippen molar-refractivity contribution >= 4 is 29.9 Å². The largest absolute Gasteiger partial charge is 0.492 e. The molecule has 0 saturated heterocycles. The van der Waals surface area contributed by atoms with Gasteiger partial charge in [-0.2, -0.15) is 0 Å². The molecule has 1 aromatic carbocycles. The second kappa shape index (κ2) is 9.87. The van der Waals surface area contributed by atoms with Crippen molar-refractivity contribution in [2.75, 3.05) is 20.2 Å². The van der Waals surface area contributed by atoms with Crippen molar-refractivity contribution < 1.29 is 4.74 Å². The van der Waals surface area contributed by atoms with Crippen molar-refractivity contribution in [1.29, 1.82) is 0 Å². The average molecular weight is 403 g/mol. The summed E-state index contributed by atoms with van der Waals surface area (Å²) in [7, 11) is 1.81. The summed E-state index contributed by atoms with van der Waals surface area (Å²) in [5.41, 5.74) is 1.22. The highest BCUT2D eigenvalue weighted by atomic mass is 127. The topological polar surface area (TPSA) is 45.7 Å². The van der Waals surface area contributed by atoms with Gasteiger partial charge in [-0.25, -0.2) is 0 Å². The number of rotatable bonds is 5. The summed E-state index contributed by atoms with van der Waals surface area (Å²) < 4.78 is 5.71. The van der Waals surface area contributed by atoms with Gasteiger partial charge in [0, 0.05) is 13.1 Å². The summed E-state index contributed by atoms with van der Waals surface area (Å²) in [6.07, 6.45) is 5.15. The van der Waals surface area contributed by atoms with E-state index in [2.05, 4.69) is 28.6 Å². The Kier molecular flexibility index (Phi) is 8.49. The second-order valence-electron chi connectivity index (χ2n) is 5.29. The number of ether oxygens (including phenoxy) is 1. The number of hydrogen-bond donors (Lipinski definition) is 2. The van der Waals surface area contributed by atoms with Gasteiger partial charge in [0.15, 0.2) is 5.96 Å². The highest BCUT2D eigenvalue weighted by molar-refractivity contribution is 14.0. The molecule has 0 aliphatic heterocycles. The number of nitrogens with one attached hydrogen (secondary N) is 2. The maximum atomic E-state index is 5.71. The second-order valence-corrected chi connectivity index (χ2v) is 5.29. The Morgan fingerprint density at radius 1 is 1.33 bits per heavy atom. The van der Waals surface area contributed by atoms with E-state index in [0.29, 0.717) is 12.6 Å². The minimum atomic E-state index is 0. The van der Waals surface area contributed by atoms with Gasteiger partial charge >= 0.3 is 0 Å². The minimum absolute atomic E-state index is 0. The summed E-state index contributed by atoms with van der Waals surface area (Å²) >= 11 is 0. The molecule has 1 aliphatic carbocycles. The van der Waals surface area contributed by atoms with E-state index < -0.39 is 0 Å². The summed E-state index contributed by atoms with van der Waals surface area (Å²) in [6, 6.07) is 8.69. The molecule has 0 amide bonds. The maximum absolute atomic E-state index is 5.71. The average Bonchev–Trinajstić information content (AvgIpc) is 2.95. The van der Waals surface area contributed by atoms with Gasteiger partial charge in [0.25, 0.3) is 0 Å². The molecule has 2 rings (SSSR count). The summed E-state index contributed by atoms with van der Waals surface area (Å²) in [6.45, 7) is 3.45. The van der Waals surface area contributed by atoms with Crippen LogP contribution in [0.25, 0.3) is 0 Å². The van der Waals surface area contributed by atoms with Crippen LogP contribution in [0.1, 0.15) is 31.2 Å². The van der Waals surface area contributed by atoms with Crippen LogP contribution in [-0.4, -0.2) is 32.2 Å². The van der Waals surface area contributed by atoms with Crippen LogP contribution in [0.5, 0.6) is 5.75 Å². The third kappa shape index (κ3) is 6.54. The number of halogens is 1. The maximum Gasteiger partial charge on any atom is 0.191 e. The van der Waals surface area contributed by atoms with Crippen molar-refractivity contribution in [1.82, 2.24) is 10.6 Å². The molecule has 0 bridgehead atoms. The number of aliphatic imine (C=N–C) groups is 1. The van der Waals surface area contributed by atoms with E-state index in [4.69, 9.17) is 4.74 Å². The number of guanidine groups is 1. The Balaban J connectivity index is 0.00000220. The van der Waals surface area contributed by atoms with Crippen LogP contribution in [0.15, 0.2) is 29.3 Å². The first kappa shape index (κ1) is 18.1. The van der Waals surface area contributed by atoms with Crippen LogP contribution in [0, 0.1) is 6.92 Å². The molecule has 1 fully saturated rings. The number of nitrogens with zero attached hydrogens (tertiary/aromatic N) is 1. The predicted molar refractivity (Wildman–Crippen MR) is 98.8 cm³/mol. The van der Waals surface area contributed by atoms with Gasteiger partial charge < -0.3 is 15.4 Å². The first-order valence-corrected chi connectivity index (χ1v) is 7.44. The van der Waals surface area contributed by atoms with E-state index in [9.17, 15) is 0 Å². The lowest BCUT2D eigenvalue weighted by Crippen LogP contribution is -2.43. The van der Waals surface area contributed by atoms with E-state index in [1.54, 1.807) is 0 Å². The predicted octanol–water partition coefficient (Wildman–Crippen LogP) is 3.10. The summed E-state index contributed by atoms with van der Waals surface area (Å²) in [5.74, 6) is 1.80. The molecule has 1 saturated carbocycles. The van der Waals surface area contributed by atoms with Gasteiger partial charge in [0.1, 0.15) is 12.4 Å². The molecule has 0 radical (unpaired) electrons. The summed E-state index contributed by atoms with van der Waals surface area (Å²) in [5, 5.41) is 6.75. The zero-order valence-electron chi connectivity index (χ0n) is 12.9. The third-order valence-electron chi connectivity index (χ3n) is 3.57. The quantitative estimate of drug-likeness (QED) is 0.344. The highest BCUT2D eigenvalue weighted by Gasteiger charge is 2.15. The van der Waals surface area contributed by atoms with Crippen molar-refractivity contribution in [3.63, 3.8) is 0 Å². The van der Waals surface area contributed by atoms with Crippen LogP contribution in [0.2, 0.25) is 0 Å². The standard InChI is InChI=1S/C16H25N3O.HI/c1-13-6-5-9-15(12-13)20-11-10-18-16(17-2)19-14-7-3-4-8-14;/h5-6,9,12,14H,3-4,7-8,10-11H2,1-2H3,(H2,17,18,19);1H. The molecule has 0 spiro atoms. The van der Waals surface area contributed by atoms with Gasteiger partial charge in [-0.05, 0) is 37.5 Å². The van der Waals surface area contributed by atoms with Gasteiger partial charge in [-0.3, -0.25) is 4.99 Å². The van der Waals surface area contributed by atoms with Crippen molar-refractivity contribution in [3.8, 4) is 5.75 Å². The van der Waals surface area contributed by atoms with Crippen LogP contribution >= 0.6 is 24.0 Å². The Morgan fingerprint density at radius 2 is 2.10 bits per heavy atom. The molecule has 0 atom stereocenters. The van der Waals surface area contributed by atoms with E-state index in [1.165, 1.54) is 31.2 Å². The highest BCUT2D eigenvalue weighted by Crippen LogP contribution is 2.17. The fourth-order valence-corrected chi connectivity index (χ4v) is 2.50. The molecule has 1 aromatic rings. The lowest BCUT2D eigenvalue weighted by molar-refractivity contribution is 0.321. The SMILES string of the molecule is CN=C(NCCOc1cccc(C)c1)NC1CCCC1.I. The lowest BCUT2D eigenvalue weighted by Gasteiger charge is -2.17. The third-order valence-corrected chi connectivity index (χ3v) is 3.57. The van der Waals surface area contributed by atoms with Crippen LogP contribution in [-0.2, 0) is 0 Å². The molecule has 1 aliphatic rings. The van der Waals surface area contributed by atoms with Crippen molar-refractivity contribution in [2.24, 2.45) is 4.99 Å². The molecule has 21 heavy (non-hydrogen) atoms. The summed E-state index contributed by atoms with van der Waals surface area (Å²) in [4.78, 5) is 4.25. The first-order chi connectivity index (χ1) is 9.78. The van der Waals surface area contributed by atoms with Crippen molar-refractivity contribution in [2.45, 2.75) is 38.6 Å². The van der Waals surface area contributed by atoms with Gasteiger partial charge in [-0.1, -0.05) is 25.0 Å². The van der Waals surface area contributed by atoms with Crippen LogP contribution in [0.3, 0.4) is 0 Å². The zero-order chi connectivity index (χ0) is 14.2.